The maximum atomic E-state index is 11.6. The zero-order valence-electron chi connectivity index (χ0n) is 7.48. The molecule has 0 aliphatic carbocycles. The second kappa shape index (κ2) is 4.22. The summed E-state index contributed by atoms with van der Waals surface area (Å²) in [5, 5.41) is 6.13. The van der Waals surface area contributed by atoms with Gasteiger partial charge < -0.3 is 9.84 Å². The Morgan fingerprint density at radius 2 is 2.33 bits per heavy atom. The van der Waals surface area contributed by atoms with Crippen LogP contribution in [0.1, 0.15) is 10.4 Å². The monoisotopic (exact) mass is 267 g/mol. The predicted octanol–water partition coefficient (Wildman–Crippen LogP) is 2.08. The molecule has 0 saturated carbocycles. The number of rotatable bonds is 2. The van der Waals surface area contributed by atoms with Crippen LogP contribution in [0.3, 0.4) is 0 Å². The van der Waals surface area contributed by atoms with Crippen molar-refractivity contribution in [2.24, 2.45) is 0 Å². The third-order valence-corrected chi connectivity index (χ3v) is 2.08. The summed E-state index contributed by atoms with van der Waals surface area (Å²) in [7, 11) is 0. The minimum atomic E-state index is -0.280. The number of hydrogen-bond donors (Lipinski definition) is 1. The summed E-state index contributed by atoms with van der Waals surface area (Å²) < 4.78 is 5.33. The van der Waals surface area contributed by atoms with E-state index in [1.54, 1.807) is 18.3 Å². The molecule has 2 heterocycles. The number of aromatic nitrogens is 2. The van der Waals surface area contributed by atoms with E-state index in [1.807, 2.05) is 0 Å². The van der Waals surface area contributed by atoms with Crippen LogP contribution in [0, 0.1) is 0 Å². The molecule has 0 unspecified atom stereocenters. The van der Waals surface area contributed by atoms with Gasteiger partial charge >= 0.3 is 0 Å². The van der Waals surface area contributed by atoms with Crippen LogP contribution in [0.4, 0.5) is 5.82 Å². The van der Waals surface area contributed by atoms with Crippen molar-refractivity contribution in [2.45, 2.75) is 0 Å². The van der Waals surface area contributed by atoms with Crippen LogP contribution in [0.15, 0.2) is 39.8 Å². The third-order valence-electron chi connectivity index (χ3n) is 1.65. The molecule has 0 radical (unpaired) electrons. The lowest BCUT2D eigenvalue weighted by Gasteiger charge is -2.00. The maximum Gasteiger partial charge on any atom is 0.258 e. The van der Waals surface area contributed by atoms with Gasteiger partial charge in [-0.15, -0.1) is 0 Å². The molecule has 0 aromatic carbocycles. The van der Waals surface area contributed by atoms with Crippen molar-refractivity contribution in [2.75, 3.05) is 5.32 Å². The number of halogens is 1. The van der Waals surface area contributed by atoms with E-state index in [4.69, 9.17) is 0 Å². The summed E-state index contributed by atoms with van der Waals surface area (Å²) in [6, 6.07) is 3.23. The first-order valence-electron chi connectivity index (χ1n) is 4.08. The molecule has 0 aliphatic heterocycles. The molecule has 2 rings (SSSR count). The lowest BCUT2D eigenvalue weighted by Crippen LogP contribution is -2.12. The SMILES string of the molecule is O=C(Nc1ccon1)c1cncc(Br)c1. The predicted molar refractivity (Wildman–Crippen MR) is 56.4 cm³/mol. The smallest absolute Gasteiger partial charge is 0.258 e. The molecule has 0 fully saturated rings. The van der Waals surface area contributed by atoms with E-state index < -0.39 is 0 Å². The average molecular weight is 268 g/mol. The molecule has 1 N–H and O–H groups in total. The highest BCUT2D eigenvalue weighted by Gasteiger charge is 2.08. The highest BCUT2D eigenvalue weighted by Crippen LogP contribution is 2.11. The Bertz CT molecular complexity index is 470. The number of nitrogens with one attached hydrogen (secondary N) is 1. The molecule has 6 heteroatoms. The molecular formula is C9H6BrN3O2. The van der Waals surface area contributed by atoms with Gasteiger partial charge in [0.1, 0.15) is 6.26 Å². The molecule has 0 spiro atoms. The third kappa shape index (κ3) is 2.41. The fourth-order valence-corrected chi connectivity index (χ4v) is 1.37. The first-order valence-corrected chi connectivity index (χ1v) is 4.87. The number of carbonyl (C=O) groups excluding carboxylic acids is 1. The average Bonchev–Trinajstić information content (AvgIpc) is 2.70. The van der Waals surface area contributed by atoms with Crippen LogP contribution in [0.5, 0.6) is 0 Å². The molecule has 0 atom stereocenters. The Labute approximate surface area is 93.6 Å². The van der Waals surface area contributed by atoms with Gasteiger partial charge in [-0.1, -0.05) is 5.16 Å². The summed E-state index contributed by atoms with van der Waals surface area (Å²) in [5.41, 5.74) is 0.451. The number of nitrogens with zero attached hydrogens (tertiary/aromatic N) is 2. The zero-order valence-corrected chi connectivity index (χ0v) is 9.06. The molecule has 0 aliphatic rings. The summed E-state index contributed by atoms with van der Waals surface area (Å²) in [6.45, 7) is 0. The van der Waals surface area contributed by atoms with E-state index in [2.05, 4.69) is 35.9 Å². The van der Waals surface area contributed by atoms with E-state index in [-0.39, 0.29) is 5.91 Å². The molecule has 0 saturated heterocycles. The molecule has 2 aromatic rings. The van der Waals surface area contributed by atoms with Crippen molar-refractivity contribution in [3.8, 4) is 0 Å². The van der Waals surface area contributed by atoms with Crippen LogP contribution in [-0.2, 0) is 0 Å². The van der Waals surface area contributed by atoms with Crippen molar-refractivity contribution < 1.29 is 9.32 Å². The number of anilines is 1. The molecule has 15 heavy (non-hydrogen) atoms. The lowest BCUT2D eigenvalue weighted by molar-refractivity contribution is 0.102. The normalized spacial score (nSPS) is 9.93. The lowest BCUT2D eigenvalue weighted by atomic mass is 10.3. The summed E-state index contributed by atoms with van der Waals surface area (Å²) in [4.78, 5) is 15.5. The summed E-state index contributed by atoms with van der Waals surface area (Å²) >= 11 is 3.23. The Morgan fingerprint density at radius 1 is 1.47 bits per heavy atom. The van der Waals surface area contributed by atoms with Gasteiger partial charge in [0.25, 0.3) is 5.91 Å². The molecule has 5 nitrogen and oxygen atoms in total. The van der Waals surface area contributed by atoms with E-state index in [0.29, 0.717) is 11.4 Å². The van der Waals surface area contributed by atoms with Gasteiger partial charge in [-0.25, -0.2) is 0 Å². The van der Waals surface area contributed by atoms with Gasteiger partial charge in [0.2, 0.25) is 0 Å². The van der Waals surface area contributed by atoms with E-state index in [1.165, 1.54) is 12.5 Å². The van der Waals surface area contributed by atoms with Crippen LogP contribution < -0.4 is 5.32 Å². The van der Waals surface area contributed by atoms with Crippen molar-refractivity contribution in [1.82, 2.24) is 10.1 Å². The fraction of sp³-hybridized carbons (Fsp3) is 0. The Morgan fingerprint density at radius 3 is 3.00 bits per heavy atom. The van der Waals surface area contributed by atoms with Crippen molar-refractivity contribution in [1.29, 1.82) is 0 Å². The number of amides is 1. The molecule has 2 aromatic heterocycles. The molecule has 76 valence electrons. The first-order chi connectivity index (χ1) is 7.25. The molecule has 0 bridgehead atoms. The number of pyridine rings is 1. The summed E-state index contributed by atoms with van der Waals surface area (Å²) in [6.07, 6.45) is 4.46. The van der Waals surface area contributed by atoms with E-state index in [9.17, 15) is 4.79 Å². The van der Waals surface area contributed by atoms with Crippen LogP contribution >= 0.6 is 15.9 Å². The van der Waals surface area contributed by atoms with Crippen LogP contribution in [0.25, 0.3) is 0 Å². The minimum absolute atomic E-state index is 0.280. The van der Waals surface area contributed by atoms with Gasteiger partial charge in [-0.05, 0) is 22.0 Å². The Hall–Kier alpha value is -1.69. The zero-order chi connectivity index (χ0) is 10.7. The van der Waals surface area contributed by atoms with E-state index >= 15 is 0 Å². The van der Waals surface area contributed by atoms with Crippen LogP contribution in [-0.4, -0.2) is 16.0 Å². The quantitative estimate of drug-likeness (QED) is 0.905. The van der Waals surface area contributed by atoms with Crippen molar-refractivity contribution in [3.05, 3.63) is 40.8 Å². The highest BCUT2D eigenvalue weighted by molar-refractivity contribution is 9.10. The summed E-state index contributed by atoms with van der Waals surface area (Å²) in [5.74, 6) is 0.0951. The van der Waals surface area contributed by atoms with Gasteiger partial charge in [0.15, 0.2) is 5.82 Å². The fourth-order valence-electron chi connectivity index (χ4n) is 1.00. The topological polar surface area (TPSA) is 68.0 Å². The molecular weight excluding hydrogens is 262 g/mol. The number of hydrogen-bond acceptors (Lipinski definition) is 4. The number of carbonyl (C=O) groups is 1. The first kappa shape index (κ1) is 9.85. The highest BCUT2D eigenvalue weighted by atomic mass is 79.9. The van der Waals surface area contributed by atoms with Crippen molar-refractivity contribution >= 4 is 27.7 Å². The van der Waals surface area contributed by atoms with Crippen molar-refractivity contribution in [3.63, 3.8) is 0 Å². The Balaban J connectivity index is 2.15. The van der Waals surface area contributed by atoms with Gasteiger partial charge in [-0.2, -0.15) is 0 Å². The van der Waals surface area contributed by atoms with Gasteiger partial charge in [0, 0.05) is 22.9 Å². The second-order valence-electron chi connectivity index (χ2n) is 2.73. The molecule has 1 amide bonds. The maximum absolute atomic E-state index is 11.6. The van der Waals surface area contributed by atoms with Gasteiger partial charge in [0.05, 0.1) is 5.56 Å². The van der Waals surface area contributed by atoms with Crippen LogP contribution in [0.2, 0.25) is 0 Å². The standard InChI is InChI=1S/C9H6BrN3O2/c10-7-3-6(4-11-5-7)9(14)12-8-1-2-15-13-8/h1-5H,(H,12,13,14). The van der Waals surface area contributed by atoms with Gasteiger partial charge in [-0.3, -0.25) is 9.78 Å². The second-order valence-corrected chi connectivity index (χ2v) is 3.65. The van der Waals surface area contributed by atoms with E-state index in [0.717, 1.165) is 4.47 Å². The largest absolute Gasteiger partial charge is 0.363 e. The minimum Gasteiger partial charge on any atom is -0.363 e. The Kier molecular flexibility index (Phi) is 2.77.